The number of carbonyl (C=O) groups is 2. The number of fused-ring (bicyclic) bond motifs is 3. The lowest BCUT2D eigenvalue weighted by atomic mass is 9.99. The Bertz CT molecular complexity index is 1690. The van der Waals surface area contributed by atoms with Crippen LogP contribution in [0, 0.1) is 32.6 Å². The van der Waals surface area contributed by atoms with Crippen LogP contribution in [0.5, 0.6) is 0 Å². The van der Waals surface area contributed by atoms with Crippen LogP contribution in [0.15, 0.2) is 53.5 Å². The zero-order valence-electron chi connectivity index (χ0n) is 21.9. The van der Waals surface area contributed by atoms with E-state index in [9.17, 15) is 9.59 Å². The summed E-state index contributed by atoms with van der Waals surface area (Å²) < 4.78 is 2.01. The molecule has 202 valence electrons. The van der Waals surface area contributed by atoms with Crippen LogP contribution in [0.2, 0.25) is 5.02 Å². The van der Waals surface area contributed by atoms with E-state index in [1.165, 1.54) is 4.88 Å². The number of benzene rings is 2. The van der Waals surface area contributed by atoms with Gasteiger partial charge in [0.25, 0.3) is 0 Å². The first-order valence-corrected chi connectivity index (χ1v) is 13.6. The van der Waals surface area contributed by atoms with Crippen LogP contribution in [-0.2, 0) is 4.79 Å². The molecule has 2 aromatic heterocycles. The van der Waals surface area contributed by atoms with Gasteiger partial charge in [0.2, 0.25) is 5.91 Å². The molecule has 3 N–H and O–H groups in total. The summed E-state index contributed by atoms with van der Waals surface area (Å²) in [6, 6.07) is 14.0. The largest absolute Gasteiger partial charge is 0.465 e. The molecule has 0 aliphatic carbocycles. The lowest BCUT2D eigenvalue weighted by Gasteiger charge is -2.13. The van der Waals surface area contributed by atoms with Crippen molar-refractivity contribution in [2.24, 2.45) is 4.99 Å². The predicted octanol–water partition coefficient (Wildman–Crippen LogP) is 5.45. The standard InChI is InChI=1S/C29H25ClN6O3S/c1-16-17(2)40-28-25(16)26(20-8-10-21(30)11-9-20)33-23(27-35-34-18(3)36(27)28)15-24(37)32-22-12-6-19(7-13-22)5-4-14-31-29(38)39/h6-13,23,31H,14-15H2,1-3H3,(H,32,37)(H,38,39)/t23-/m0/s1. The highest BCUT2D eigenvalue weighted by Gasteiger charge is 2.32. The molecule has 1 aliphatic rings. The van der Waals surface area contributed by atoms with Gasteiger partial charge >= 0.3 is 6.09 Å². The van der Waals surface area contributed by atoms with E-state index in [2.05, 4.69) is 46.5 Å². The number of carboxylic acid groups (broad SMARTS) is 1. The Morgan fingerprint density at radius 3 is 2.50 bits per heavy atom. The van der Waals surface area contributed by atoms with Gasteiger partial charge in [-0.3, -0.25) is 14.4 Å². The van der Waals surface area contributed by atoms with E-state index >= 15 is 0 Å². The molecule has 2 amide bonds. The van der Waals surface area contributed by atoms with Crippen molar-refractivity contribution in [1.82, 2.24) is 20.1 Å². The molecule has 0 unspecified atom stereocenters. The molecule has 1 atom stereocenters. The van der Waals surface area contributed by atoms with Crippen LogP contribution in [-0.4, -0.2) is 44.1 Å². The van der Waals surface area contributed by atoms with Crippen molar-refractivity contribution in [2.45, 2.75) is 33.2 Å². The van der Waals surface area contributed by atoms with Gasteiger partial charge in [-0.1, -0.05) is 35.6 Å². The Labute approximate surface area is 239 Å². The SMILES string of the molecule is Cc1sc2c(c1C)C(c1ccc(Cl)cc1)=N[C@@H](CC(=O)Nc1ccc(C#CCNC(=O)O)cc1)c1nnc(C)n1-2. The summed E-state index contributed by atoms with van der Waals surface area (Å²) >= 11 is 7.84. The topological polar surface area (TPSA) is 122 Å². The van der Waals surface area contributed by atoms with Gasteiger partial charge in [0.1, 0.15) is 16.9 Å². The summed E-state index contributed by atoms with van der Waals surface area (Å²) in [5.74, 6) is 6.72. The van der Waals surface area contributed by atoms with Gasteiger partial charge in [-0.2, -0.15) is 0 Å². The van der Waals surface area contributed by atoms with Gasteiger partial charge in [-0.15, -0.1) is 21.5 Å². The zero-order chi connectivity index (χ0) is 28.4. The van der Waals surface area contributed by atoms with E-state index in [0.29, 0.717) is 22.1 Å². The van der Waals surface area contributed by atoms with Crippen LogP contribution in [0.4, 0.5) is 10.5 Å². The van der Waals surface area contributed by atoms with E-state index in [4.69, 9.17) is 21.7 Å². The number of amides is 2. The molecular weight excluding hydrogens is 548 g/mol. The highest BCUT2D eigenvalue weighted by Crippen LogP contribution is 2.39. The fraction of sp³-hybridized carbons (Fsp3) is 0.207. The molecule has 0 radical (unpaired) electrons. The van der Waals surface area contributed by atoms with Crippen molar-refractivity contribution < 1.29 is 14.7 Å². The number of aromatic nitrogens is 3. The van der Waals surface area contributed by atoms with Crippen molar-refractivity contribution in [3.63, 3.8) is 0 Å². The maximum Gasteiger partial charge on any atom is 0.405 e. The average Bonchev–Trinajstić information content (AvgIpc) is 3.40. The summed E-state index contributed by atoms with van der Waals surface area (Å²) in [7, 11) is 0. The third kappa shape index (κ3) is 5.61. The molecule has 0 bridgehead atoms. The minimum Gasteiger partial charge on any atom is -0.465 e. The highest BCUT2D eigenvalue weighted by molar-refractivity contribution is 7.15. The molecule has 40 heavy (non-hydrogen) atoms. The van der Waals surface area contributed by atoms with Gasteiger partial charge in [-0.05, 0) is 62.7 Å². The second-order valence-corrected chi connectivity index (χ2v) is 10.8. The summed E-state index contributed by atoms with van der Waals surface area (Å²) in [5, 5.41) is 24.1. The quantitative estimate of drug-likeness (QED) is 0.275. The van der Waals surface area contributed by atoms with Crippen LogP contribution in [0.25, 0.3) is 5.00 Å². The summed E-state index contributed by atoms with van der Waals surface area (Å²) in [6.07, 6.45) is -1.06. The fourth-order valence-corrected chi connectivity index (χ4v) is 5.76. The number of anilines is 1. The number of aryl methyl sites for hydroxylation is 2. The van der Waals surface area contributed by atoms with Crippen LogP contribution < -0.4 is 10.6 Å². The number of hydrogen-bond acceptors (Lipinski definition) is 6. The first-order chi connectivity index (χ1) is 19.2. The molecule has 5 rings (SSSR count). The molecular formula is C29H25ClN6O3S. The van der Waals surface area contributed by atoms with Gasteiger partial charge < -0.3 is 15.7 Å². The van der Waals surface area contributed by atoms with E-state index < -0.39 is 12.1 Å². The summed E-state index contributed by atoms with van der Waals surface area (Å²) in [5.41, 5.74) is 5.14. The monoisotopic (exact) mass is 572 g/mol. The van der Waals surface area contributed by atoms with Crippen molar-refractivity contribution in [3.8, 4) is 16.8 Å². The average molecular weight is 573 g/mol. The van der Waals surface area contributed by atoms with Gasteiger partial charge in [0, 0.05) is 32.3 Å². The molecule has 2 aromatic carbocycles. The van der Waals surface area contributed by atoms with Gasteiger partial charge in [-0.25, -0.2) is 4.79 Å². The maximum absolute atomic E-state index is 13.2. The van der Waals surface area contributed by atoms with Gasteiger partial charge in [0.05, 0.1) is 18.7 Å². The molecule has 3 heterocycles. The number of nitrogens with zero attached hydrogens (tertiary/aromatic N) is 4. The van der Waals surface area contributed by atoms with Crippen molar-refractivity contribution >= 4 is 46.3 Å². The molecule has 9 nitrogen and oxygen atoms in total. The molecule has 4 aromatic rings. The normalized spacial score (nSPS) is 13.7. The van der Waals surface area contributed by atoms with E-state index in [1.807, 2.05) is 35.8 Å². The Balaban J connectivity index is 1.44. The molecule has 0 spiro atoms. The zero-order valence-corrected chi connectivity index (χ0v) is 23.5. The Morgan fingerprint density at radius 1 is 1.07 bits per heavy atom. The molecule has 0 saturated heterocycles. The summed E-state index contributed by atoms with van der Waals surface area (Å²) in [4.78, 5) is 30.1. The van der Waals surface area contributed by atoms with Crippen LogP contribution in [0.3, 0.4) is 0 Å². The predicted molar refractivity (Wildman–Crippen MR) is 156 cm³/mol. The van der Waals surface area contributed by atoms with Crippen molar-refractivity contribution in [3.05, 3.63) is 92.3 Å². The third-order valence-electron chi connectivity index (χ3n) is 6.47. The highest BCUT2D eigenvalue weighted by atomic mass is 35.5. The van der Waals surface area contributed by atoms with Crippen molar-refractivity contribution in [1.29, 1.82) is 0 Å². The number of carbonyl (C=O) groups excluding carboxylic acids is 1. The van der Waals surface area contributed by atoms with E-state index in [0.717, 1.165) is 33.2 Å². The fourth-order valence-electron chi connectivity index (χ4n) is 4.42. The summed E-state index contributed by atoms with van der Waals surface area (Å²) in [6.45, 7) is 6.10. The maximum atomic E-state index is 13.2. The molecule has 1 aliphatic heterocycles. The number of rotatable bonds is 5. The van der Waals surface area contributed by atoms with E-state index in [1.54, 1.807) is 35.6 Å². The first-order valence-electron chi connectivity index (χ1n) is 12.4. The second-order valence-electron chi connectivity index (χ2n) is 9.19. The number of halogens is 1. The molecule has 11 heteroatoms. The second kappa shape index (κ2) is 11.3. The minimum absolute atomic E-state index is 0.0313. The van der Waals surface area contributed by atoms with Gasteiger partial charge in [0.15, 0.2) is 5.82 Å². The smallest absolute Gasteiger partial charge is 0.405 e. The lowest BCUT2D eigenvalue weighted by molar-refractivity contribution is -0.116. The lowest BCUT2D eigenvalue weighted by Crippen LogP contribution is -2.20. The van der Waals surface area contributed by atoms with Crippen LogP contribution >= 0.6 is 22.9 Å². The first kappa shape index (κ1) is 27.1. The number of thiophene rings is 1. The van der Waals surface area contributed by atoms with Crippen molar-refractivity contribution in [2.75, 3.05) is 11.9 Å². The number of nitrogens with one attached hydrogen (secondary N) is 2. The number of aliphatic imine (C=N–C) groups is 1. The Kier molecular flexibility index (Phi) is 7.69. The molecule has 0 saturated carbocycles. The number of hydrogen-bond donors (Lipinski definition) is 3. The minimum atomic E-state index is -1.13. The third-order valence-corrected chi connectivity index (χ3v) is 7.91. The Morgan fingerprint density at radius 2 is 1.80 bits per heavy atom. The Hall–Kier alpha value is -4.46. The van der Waals surface area contributed by atoms with E-state index in [-0.39, 0.29) is 18.9 Å². The van der Waals surface area contributed by atoms with Crippen LogP contribution in [0.1, 0.15) is 51.2 Å². The molecule has 0 fully saturated rings.